The fraction of sp³-hybridized carbons (Fsp3) is 0.500. The highest BCUT2D eigenvalue weighted by Gasteiger charge is 2.26. The second kappa shape index (κ2) is 6.70. The topological polar surface area (TPSA) is 42.2 Å². The van der Waals surface area contributed by atoms with E-state index in [0.717, 1.165) is 22.3 Å². The summed E-state index contributed by atoms with van der Waals surface area (Å²) in [6.45, 7) is 12.6. The number of Topliss-reactive ketones (excluding diaryl/α,β-unsaturated/α-hetero) is 1. The van der Waals surface area contributed by atoms with E-state index in [2.05, 4.69) is 53.7 Å². The van der Waals surface area contributed by atoms with Gasteiger partial charge in [-0.3, -0.25) is 4.79 Å². The molecule has 0 atom stereocenters. The van der Waals surface area contributed by atoms with Crippen molar-refractivity contribution in [2.75, 3.05) is 0 Å². The number of hydrogen-bond donors (Lipinski definition) is 1. The summed E-state index contributed by atoms with van der Waals surface area (Å²) in [5.74, 6) is 0.543. The van der Waals surface area contributed by atoms with Crippen LogP contribution in [0.4, 0.5) is 0 Å². The fourth-order valence-electron chi connectivity index (χ4n) is 3.05. The van der Waals surface area contributed by atoms with Gasteiger partial charge in [0.05, 0.1) is 0 Å². The van der Waals surface area contributed by atoms with Crippen molar-refractivity contribution in [3.63, 3.8) is 0 Å². The molecule has 136 valence electrons. The molecular formula is C22H31NO2. The molecule has 0 aliphatic rings. The van der Waals surface area contributed by atoms with E-state index in [1.54, 1.807) is 0 Å². The van der Waals surface area contributed by atoms with Gasteiger partial charge in [-0.1, -0.05) is 53.7 Å². The van der Waals surface area contributed by atoms with Gasteiger partial charge < -0.3 is 9.67 Å². The average molecular weight is 341 g/mol. The van der Waals surface area contributed by atoms with Crippen molar-refractivity contribution in [1.29, 1.82) is 0 Å². The average Bonchev–Trinajstić information content (AvgIpc) is 2.90. The first kappa shape index (κ1) is 19.3. The third-order valence-electron chi connectivity index (χ3n) is 4.58. The Morgan fingerprint density at radius 3 is 1.96 bits per heavy atom. The predicted octanol–water partition coefficient (Wildman–Crippen LogP) is 5.14. The number of nitrogens with zero attached hydrogens (tertiary/aromatic N) is 1. The molecule has 1 N–H and O–H groups in total. The van der Waals surface area contributed by atoms with E-state index in [4.69, 9.17) is 0 Å². The van der Waals surface area contributed by atoms with E-state index in [1.165, 1.54) is 0 Å². The van der Waals surface area contributed by atoms with Crippen molar-refractivity contribution in [1.82, 2.24) is 4.57 Å². The molecule has 2 rings (SSSR count). The molecule has 1 heterocycles. The summed E-state index contributed by atoms with van der Waals surface area (Å²) in [4.78, 5) is 12.4. The number of phenols is 1. The van der Waals surface area contributed by atoms with Crippen LogP contribution >= 0.6 is 0 Å². The molecule has 1 aromatic carbocycles. The number of hydrogen-bond acceptors (Lipinski definition) is 2. The van der Waals surface area contributed by atoms with Gasteiger partial charge in [0.25, 0.3) is 0 Å². The quantitative estimate of drug-likeness (QED) is 0.782. The lowest BCUT2D eigenvalue weighted by molar-refractivity contribution is 0.0983. The van der Waals surface area contributed by atoms with Gasteiger partial charge in [0.2, 0.25) is 0 Å². The van der Waals surface area contributed by atoms with Gasteiger partial charge in [0, 0.05) is 31.4 Å². The van der Waals surface area contributed by atoms with Crippen LogP contribution in [-0.2, 0) is 24.3 Å². The number of rotatable bonds is 4. The lowest BCUT2D eigenvalue weighted by Gasteiger charge is -2.28. The van der Waals surface area contributed by atoms with Crippen LogP contribution in [-0.4, -0.2) is 15.5 Å². The van der Waals surface area contributed by atoms with Crippen LogP contribution in [0.3, 0.4) is 0 Å². The van der Waals surface area contributed by atoms with Crippen molar-refractivity contribution >= 4 is 5.78 Å². The van der Waals surface area contributed by atoms with Crippen LogP contribution in [0.25, 0.3) is 0 Å². The molecule has 0 aliphatic carbocycles. The van der Waals surface area contributed by atoms with Crippen molar-refractivity contribution < 1.29 is 9.90 Å². The first-order valence-electron chi connectivity index (χ1n) is 8.91. The summed E-state index contributed by atoms with van der Waals surface area (Å²) in [5.41, 5.74) is 3.46. The Bertz CT molecular complexity index is 735. The predicted molar refractivity (Wildman–Crippen MR) is 104 cm³/mol. The van der Waals surface area contributed by atoms with Gasteiger partial charge in [0.15, 0.2) is 5.78 Å². The zero-order chi connectivity index (χ0) is 19.0. The highest BCUT2D eigenvalue weighted by Crippen LogP contribution is 2.40. The van der Waals surface area contributed by atoms with Gasteiger partial charge in [0.1, 0.15) is 5.75 Å². The van der Waals surface area contributed by atoms with E-state index in [1.807, 2.05) is 30.1 Å². The third kappa shape index (κ3) is 4.53. The van der Waals surface area contributed by atoms with Crippen molar-refractivity contribution in [2.24, 2.45) is 7.05 Å². The first-order chi connectivity index (χ1) is 11.4. The zero-order valence-corrected chi connectivity index (χ0v) is 16.6. The Balaban J connectivity index is 2.33. The molecule has 0 radical (unpaired) electrons. The molecule has 0 bridgehead atoms. The number of phenolic OH excluding ortho intramolecular Hbond substituents is 1. The SMILES string of the molecule is Cn1ccc(C(=O)CCc2cc(C(C)(C)C)c(O)c(C(C)(C)C)c2)c1. The fourth-order valence-corrected chi connectivity index (χ4v) is 3.05. The number of carbonyl (C=O) groups is 1. The molecule has 3 heteroatoms. The Hall–Kier alpha value is -2.03. The molecular weight excluding hydrogens is 310 g/mol. The van der Waals surface area contributed by atoms with Gasteiger partial charge in [-0.05, 0) is 40.0 Å². The molecule has 0 spiro atoms. The van der Waals surface area contributed by atoms with E-state index in [-0.39, 0.29) is 16.6 Å². The van der Waals surface area contributed by atoms with E-state index >= 15 is 0 Å². The minimum atomic E-state index is -0.149. The minimum Gasteiger partial charge on any atom is -0.507 e. The molecule has 0 unspecified atom stereocenters. The second-order valence-corrected chi connectivity index (χ2v) is 9.03. The molecule has 0 amide bonds. The Morgan fingerprint density at radius 1 is 1.04 bits per heavy atom. The van der Waals surface area contributed by atoms with Crippen LogP contribution in [0, 0.1) is 0 Å². The third-order valence-corrected chi connectivity index (χ3v) is 4.58. The van der Waals surface area contributed by atoms with Crippen LogP contribution < -0.4 is 0 Å². The standard InChI is InChI=1S/C22H31NO2/c1-21(2,3)17-12-15(13-18(20(17)25)22(4,5)6)8-9-19(24)16-10-11-23(7)14-16/h10-14,25H,8-9H2,1-7H3. The van der Waals surface area contributed by atoms with E-state index in [0.29, 0.717) is 18.6 Å². The Morgan fingerprint density at radius 2 is 1.56 bits per heavy atom. The summed E-state index contributed by atoms with van der Waals surface area (Å²) >= 11 is 0. The lowest BCUT2D eigenvalue weighted by atomic mass is 9.78. The highest BCUT2D eigenvalue weighted by atomic mass is 16.3. The van der Waals surface area contributed by atoms with Gasteiger partial charge >= 0.3 is 0 Å². The number of aromatic hydroxyl groups is 1. The Labute approximate surface area is 151 Å². The van der Waals surface area contributed by atoms with Crippen molar-refractivity contribution in [3.8, 4) is 5.75 Å². The Kier molecular flexibility index (Phi) is 5.17. The maximum Gasteiger partial charge on any atom is 0.164 e. The summed E-state index contributed by atoms with van der Waals surface area (Å²) in [6, 6.07) is 5.98. The minimum absolute atomic E-state index is 0.149. The van der Waals surface area contributed by atoms with Crippen LogP contribution in [0.5, 0.6) is 5.75 Å². The van der Waals surface area contributed by atoms with Crippen LogP contribution in [0.15, 0.2) is 30.6 Å². The number of benzene rings is 1. The normalized spacial score (nSPS) is 12.4. The largest absolute Gasteiger partial charge is 0.507 e. The molecule has 0 fully saturated rings. The monoisotopic (exact) mass is 341 g/mol. The molecule has 1 aromatic heterocycles. The van der Waals surface area contributed by atoms with Crippen LogP contribution in [0.2, 0.25) is 0 Å². The van der Waals surface area contributed by atoms with Crippen LogP contribution in [0.1, 0.15) is 75.0 Å². The summed E-state index contributed by atoms with van der Waals surface area (Å²) < 4.78 is 1.89. The van der Waals surface area contributed by atoms with Crippen molar-refractivity contribution in [3.05, 3.63) is 52.8 Å². The molecule has 0 aliphatic heterocycles. The molecule has 25 heavy (non-hydrogen) atoms. The maximum absolute atomic E-state index is 12.4. The number of ketones is 1. The van der Waals surface area contributed by atoms with Gasteiger partial charge in [-0.25, -0.2) is 0 Å². The molecule has 2 aromatic rings. The smallest absolute Gasteiger partial charge is 0.164 e. The highest BCUT2D eigenvalue weighted by molar-refractivity contribution is 5.96. The molecule has 3 nitrogen and oxygen atoms in total. The summed E-state index contributed by atoms with van der Waals surface area (Å²) in [7, 11) is 1.92. The summed E-state index contributed by atoms with van der Waals surface area (Å²) in [6.07, 6.45) is 4.91. The van der Waals surface area contributed by atoms with E-state index < -0.39 is 0 Å². The van der Waals surface area contributed by atoms with E-state index in [9.17, 15) is 9.90 Å². The molecule has 0 saturated heterocycles. The van der Waals surface area contributed by atoms with Gasteiger partial charge in [-0.2, -0.15) is 0 Å². The zero-order valence-electron chi connectivity index (χ0n) is 16.6. The first-order valence-corrected chi connectivity index (χ1v) is 8.91. The number of carbonyl (C=O) groups excluding carboxylic acids is 1. The second-order valence-electron chi connectivity index (χ2n) is 9.03. The lowest BCUT2D eigenvalue weighted by Crippen LogP contribution is -2.18. The van der Waals surface area contributed by atoms with Crippen molar-refractivity contribution in [2.45, 2.75) is 65.2 Å². The molecule has 0 saturated carbocycles. The summed E-state index contributed by atoms with van der Waals surface area (Å²) in [5, 5.41) is 10.8. The number of aromatic nitrogens is 1. The maximum atomic E-state index is 12.4. The van der Waals surface area contributed by atoms with Gasteiger partial charge in [-0.15, -0.1) is 0 Å². The number of aryl methyl sites for hydroxylation is 2.